The molecular formula is C32H35N3O7. The number of phenols is 1. The Morgan fingerprint density at radius 3 is 2.31 bits per heavy atom. The third-order valence-electron chi connectivity index (χ3n) is 9.81. The average molecular weight is 574 g/mol. The number of primary amides is 1. The lowest BCUT2D eigenvalue weighted by molar-refractivity contribution is -0.181. The lowest BCUT2D eigenvalue weighted by Gasteiger charge is -2.52. The molecule has 1 aliphatic heterocycles. The molecular weight excluding hydrogens is 538 g/mol. The second kappa shape index (κ2) is 10.2. The number of carbonyl (C=O) groups is 5. The van der Waals surface area contributed by atoms with E-state index in [9.17, 15) is 34.2 Å². The van der Waals surface area contributed by atoms with Crippen LogP contribution in [0.25, 0.3) is 11.1 Å². The lowest BCUT2D eigenvalue weighted by atomic mass is 9.52. The molecule has 4 N–H and O–H groups in total. The summed E-state index contributed by atoms with van der Waals surface area (Å²) in [6, 6.07) is 10.1. The zero-order valence-electron chi connectivity index (χ0n) is 23.7. The number of likely N-dealkylation sites (tertiary alicyclic amines) is 1. The Labute approximate surface area is 243 Å². The van der Waals surface area contributed by atoms with Crippen LogP contribution in [0.1, 0.15) is 40.7 Å². The van der Waals surface area contributed by atoms with Crippen LogP contribution in [0.2, 0.25) is 0 Å². The van der Waals surface area contributed by atoms with Crippen molar-refractivity contribution in [2.24, 2.45) is 29.4 Å². The maximum Gasteiger partial charge on any atom is 0.235 e. The van der Waals surface area contributed by atoms with Crippen LogP contribution in [0.5, 0.6) is 5.75 Å². The molecule has 2 saturated carbocycles. The summed E-state index contributed by atoms with van der Waals surface area (Å²) in [4.78, 5) is 70.6. The van der Waals surface area contributed by atoms with E-state index in [4.69, 9.17) is 5.73 Å². The molecule has 0 bridgehead atoms. The van der Waals surface area contributed by atoms with Crippen LogP contribution in [0.3, 0.4) is 0 Å². The highest BCUT2D eigenvalue weighted by molar-refractivity contribution is 6.32. The lowest BCUT2D eigenvalue weighted by Crippen LogP contribution is -2.74. The van der Waals surface area contributed by atoms with E-state index in [0.29, 0.717) is 5.56 Å². The van der Waals surface area contributed by atoms with Crippen molar-refractivity contribution in [1.82, 2.24) is 9.80 Å². The van der Waals surface area contributed by atoms with Crippen LogP contribution >= 0.6 is 0 Å². The molecule has 0 aromatic heterocycles. The van der Waals surface area contributed by atoms with Crippen molar-refractivity contribution in [3.8, 4) is 16.9 Å². The number of aromatic hydroxyl groups is 1. The number of rotatable bonds is 5. The van der Waals surface area contributed by atoms with Gasteiger partial charge in [-0.25, -0.2) is 0 Å². The Morgan fingerprint density at radius 2 is 1.69 bits per heavy atom. The molecule has 3 aliphatic carbocycles. The summed E-state index contributed by atoms with van der Waals surface area (Å²) in [6.45, 7) is 3.04. The van der Waals surface area contributed by atoms with Crippen LogP contribution in [-0.4, -0.2) is 87.9 Å². The summed E-state index contributed by atoms with van der Waals surface area (Å²) < 4.78 is 0. The van der Waals surface area contributed by atoms with Gasteiger partial charge in [0.2, 0.25) is 5.91 Å². The maximum absolute atomic E-state index is 14.0. The zero-order valence-corrected chi connectivity index (χ0v) is 23.7. The zero-order chi connectivity index (χ0) is 30.1. The molecule has 1 amide bonds. The first kappa shape index (κ1) is 28.4. The Morgan fingerprint density at radius 1 is 1.02 bits per heavy atom. The fraction of sp³-hybridized carbons (Fsp3) is 0.469. The predicted molar refractivity (Wildman–Crippen MR) is 151 cm³/mol. The van der Waals surface area contributed by atoms with Crippen LogP contribution in [0.4, 0.5) is 0 Å². The molecule has 3 unspecified atom stereocenters. The number of likely N-dealkylation sites (N-methyl/N-ethyl adjacent to an activating group) is 1. The summed E-state index contributed by atoms with van der Waals surface area (Å²) in [6.07, 6.45) is 2.66. The normalized spacial score (nSPS) is 31.2. The molecule has 2 aromatic rings. The molecule has 0 radical (unpaired) electrons. The van der Waals surface area contributed by atoms with E-state index in [1.165, 1.54) is 29.4 Å². The van der Waals surface area contributed by atoms with Gasteiger partial charge in [-0.3, -0.25) is 33.8 Å². The molecule has 2 aromatic carbocycles. The van der Waals surface area contributed by atoms with Crippen LogP contribution in [0, 0.1) is 23.7 Å². The van der Waals surface area contributed by atoms with Crippen molar-refractivity contribution in [2.75, 3.05) is 27.2 Å². The van der Waals surface area contributed by atoms with Gasteiger partial charge in [0.1, 0.15) is 5.75 Å². The number of carbonyl (C=O) groups excluding carboxylic acids is 5. The van der Waals surface area contributed by atoms with Gasteiger partial charge >= 0.3 is 0 Å². The van der Waals surface area contributed by atoms with Crippen molar-refractivity contribution in [3.63, 3.8) is 0 Å². The number of fused-ring (bicyclic) bond motifs is 3. The van der Waals surface area contributed by atoms with Crippen LogP contribution in [-0.2, 0) is 32.1 Å². The molecule has 42 heavy (non-hydrogen) atoms. The van der Waals surface area contributed by atoms with E-state index < -0.39 is 64.4 Å². The van der Waals surface area contributed by atoms with Gasteiger partial charge in [-0.1, -0.05) is 30.3 Å². The Bertz CT molecular complexity index is 1510. The number of hydrogen-bond donors (Lipinski definition) is 3. The SMILES string of the molecule is CN(C)C1C(=O)C(C(N)=O)C(=O)[C@]2(O)C(=O)C3C(=O)c4c(O)ccc(-c5ccc(CN6CCCC6)cc5)c4C[C@@H]3C[C@H]12. The van der Waals surface area contributed by atoms with Gasteiger partial charge in [-0.2, -0.15) is 0 Å². The van der Waals surface area contributed by atoms with Crippen molar-refractivity contribution in [2.45, 2.75) is 43.9 Å². The molecule has 6 atom stereocenters. The minimum absolute atomic E-state index is 0.000221. The predicted octanol–water partition coefficient (Wildman–Crippen LogP) is 1.13. The number of nitrogens with two attached hydrogens (primary N) is 1. The van der Waals surface area contributed by atoms with Gasteiger partial charge in [0.25, 0.3) is 0 Å². The molecule has 6 rings (SSSR count). The summed E-state index contributed by atoms with van der Waals surface area (Å²) >= 11 is 0. The fourth-order valence-corrected chi connectivity index (χ4v) is 7.86. The van der Waals surface area contributed by atoms with E-state index in [-0.39, 0.29) is 24.2 Å². The minimum Gasteiger partial charge on any atom is -0.507 e. The summed E-state index contributed by atoms with van der Waals surface area (Å²) in [7, 11) is 3.14. The van der Waals surface area contributed by atoms with E-state index in [2.05, 4.69) is 17.0 Å². The maximum atomic E-state index is 14.0. The molecule has 10 nitrogen and oxygen atoms in total. The van der Waals surface area contributed by atoms with Gasteiger partial charge < -0.3 is 15.9 Å². The second-order valence-corrected chi connectivity index (χ2v) is 12.5. The van der Waals surface area contributed by atoms with E-state index in [1.807, 2.05) is 12.1 Å². The molecule has 220 valence electrons. The van der Waals surface area contributed by atoms with Crippen LogP contribution < -0.4 is 5.73 Å². The monoisotopic (exact) mass is 573 g/mol. The number of nitrogens with zero attached hydrogens (tertiary/aromatic N) is 2. The van der Waals surface area contributed by atoms with E-state index in [0.717, 1.165) is 30.8 Å². The van der Waals surface area contributed by atoms with Crippen molar-refractivity contribution < 1.29 is 34.2 Å². The Kier molecular flexibility index (Phi) is 6.91. The molecule has 10 heteroatoms. The number of Topliss-reactive ketones (excluding diaryl/α,β-unsaturated/α-hetero) is 4. The van der Waals surface area contributed by atoms with Crippen LogP contribution in [0.15, 0.2) is 36.4 Å². The summed E-state index contributed by atoms with van der Waals surface area (Å²) in [5.74, 6) is -10.4. The number of ketones is 4. The first-order valence-electron chi connectivity index (χ1n) is 14.5. The van der Waals surface area contributed by atoms with Gasteiger partial charge in [0.05, 0.1) is 17.5 Å². The van der Waals surface area contributed by atoms with Crippen molar-refractivity contribution in [3.05, 3.63) is 53.1 Å². The first-order chi connectivity index (χ1) is 19.9. The third-order valence-corrected chi connectivity index (χ3v) is 9.81. The van der Waals surface area contributed by atoms with E-state index >= 15 is 0 Å². The fourth-order valence-electron chi connectivity index (χ4n) is 7.86. The van der Waals surface area contributed by atoms with Gasteiger partial charge in [-0.05, 0) is 87.1 Å². The highest BCUT2D eigenvalue weighted by Gasteiger charge is 2.69. The number of benzene rings is 2. The molecule has 1 heterocycles. The number of amides is 1. The van der Waals surface area contributed by atoms with Gasteiger partial charge in [0, 0.05) is 12.5 Å². The first-order valence-corrected chi connectivity index (χ1v) is 14.5. The minimum atomic E-state index is -2.73. The van der Waals surface area contributed by atoms with E-state index in [1.54, 1.807) is 20.2 Å². The number of aliphatic hydroxyl groups is 1. The summed E-state index contributed by atoms with van der Waals surface area (Å²) in [5, 5.41) is 22.5. The Hall–Kier alpha value is -3.73. The molecule has 3 fully saturated rings. The summed E-state index contributed by atoms with van der Waals surface area (Å²) in [5.41, 5.74) is 6.04. The number of hydrogen-bond acceptors (Lipinski definition) is 9. The standard InChI is InChI=1S/C32H35N3O7/c1-34(2)26-21-14-18-13-20-19(17-7-5-16(6-8-17)15-35-11-3-4-12-35)9-10-22(36)24(20)27(37)23(18)29(39)32(21,42)30(40)25(28(26)38)31(33)41/h5-10,18,21,23,25-26,36,42H,3-4,11-15H2,1-2H3,(H2,33,41)/t18-,21-,23?,25?,26?,32-/m1/s1. The average Bonchev–Trinajstić information content (AvgIpc) is 3.44. The highest BCUT2D eigenvalue weighted by atomic mass is 16.3. The largest absolute Gasteiger partial charge is 0.507 e. The number of phenolic OH excluding ortho intramolecular Hbond substituents is 1. The van der Waals surface area contributed by atoms with Crippen molar-refractivity contribution in [1.29, 1.82) is 0 Å². The quantitative estimate of drug-likeness (QED) is 0.446. The molecule has 4 aliphatic rings. The van der Waals surface area contributed by atoms with Crippen molar-refractivity contribution >= 4 is 29.0 Å². The topological polar surface area (TPSA) is 158 Å². The highest BCUT2D eigenvalue weighted by Crippen LogP contribution is 2.51. The Balaban J connectivity index is 1.39. The van der Waals surface area contributed by atoms with Gasteiger partial charge in [0.15, 0.2) is 34.7 Å². The van der Waals surface area contributed by atoms with Gasteiger partial charge in [-0.15, -0.1) is 0 Å². The second-order valence-electron chi connectivity index (χ2n) is 12.5. The smallest absolute Gasteiger partial charge is 0.235 e. The third kappa shape index (κ3) is 4.15. The molecule has 1 saturated heterocycles. The molecule has 0 spiro atoms.